The van der Waals surface area contributed by atoms with Crippen LogP contribution in [0.1, 0.15) is 0 Å². The van der Waals surface area contributed by atoms with Crippen LogP contribution in [0.25, 0.3) is 11.0 Å². The van der Waals surface area contributed by atoms with Crippen molar-refractivity contribution in [1.82, 2.24) is 15.2 Å². The van der Waals surface area contributed by atoms with E-state index in [2.05, 4.69) is 15.2 Å². The van der Waals surface area contributed by atoms with Crippen LogP contribution in [0.4, 0.5) is 16.0 Å². The van der Waals surface area contributed by atoms with Crippen LogP contribution in [0, 0.1) is 5.82 Å². The lowest BCUT2D eigenvalue weighted by Gasteiger charge is -1.93. The number of nitrogen functional groups attached to an aromatic ring is 2. The highest BCUT2D eigenvalue weighted by molar-refractivity contribution is 5.86. The number of fused-ring (bicyclic) bond motifs is 1. The van der Waals surface area contributed by atoms with E-state index in [0.29, 0.717) is 11.0 Å². The molecule has 0 unspecified atom stereocenters. The number of hydrogen-bond acceptors (Lipinski definition) is 4. The number of H-pyrrole nitrogens is 1. The molecule has 0 saturated carbocycles. The third kappa shape index (κ3) is 0.777. The number of anilines is 2. The molecule has 2 aromatic rings. The molecule has 12 heavy (non-hydrogen) atoms. The van der Waals surface area contributed by atoms with Gasteiger partial charge in [0.05, 0.1) is 5.39 Å². The van der Waals surface area contributed by atoms with Crippen molar-refractivity contribution in [2.45, 2.75) is 0 Å². The average molecular weight is 167 g/mol. The van der Waals surface area contributed by atoms with Crippen LogP contribution in [-0.4, -0.2) is 15.2 Å². The molecule has 2 heterocycles. The third-order valence-electron chi connectivity index (χ3n) is 1.56. The van der Waals surface area contributed by atoms with Crippen LogP contribution in [0.15, 0.2) is 6.07 Å². The number of aromatic amines is 1. The van der Waals surface area contributed by atoms with Gasteiger partial charge in [-0.3, -0.25) is 5.10 Å². The van der Waals surface area contributed by atoms with E-state index in [1.165, 1.54) is 6.07 Å². The van der Waals surface area contributed by atoms with Gasteiger partial charge in [-0.2, -0.15) is 5.10 Å². The normalized spacial score (nSPS) is 10.8. The van der Waals surface area contributed by atoms with Crippen molar-refractivity contribution in [3.05, 3.63) is 11.9 Å². The summed E-state index contributed by atoms with van der Waals surface area (Å²) in [5.41, 5.74) is 11.0. The lowest BCUT2D eigenvalue weighted by molar-refractivity contribution is 0.630. The molecule has 2 aromatic heterocycles. The van der Waals surface area contributed by atoms with Crippen molar-refractivity contribution in [3.63, 3.8) is 0 Å². The monoisotopic (exact) mass is 167 g/mol. The summed E-state index contributed by atoms with van der Waals surface area (Å²) in [7, 11) is 0. The van der Waals surface area contributed by atoms with Gasteiger partial charge in [0.1, 0.15) is 5.82 Å². The highest BCUT2D eigenvalue weighted by atomic mass is 19.1. The number of pyridine rings is 1. The molecule has 62 valence electrons. The molecule has 0 aliphatic rings. The van der Waals surface area contributed by atoms with E-state index in [4.69, 9.17) is 11.5 Å². The first-order valence-electron chi connectivity index (χ1n) is 3.24. The first kappa shape index (κ1) is 6.84. The van der Waals surface area contributed by atoms with Crippen LogP contribution in [0.5, 0.6) is 0 Å². The maximum absolute atomic E-state index is 12.8. The zero-order valence-corrected chi connectivity index (χ0v) is 6.00. The van der Waals surface area contributed by atoms with E-state index in [0.717, 1.165) is 0 Å². The molecule has 0 aliphatic carbocycles. The predicted octanol–water partition coefficient (Wildman–Crippen LogP) is 0.261. The molecule has 0 spiro atoms. The summed E-state index contributed by atoms with van der Waals surface area (Å²) in [5.74, 6) is -0.471. The topological polar surface area (TPSA) is 93.6 Å². The minimum Gasteiger partial charge on any atom is -0.384 e. The fourth-order valence-corrected chi connectivity index (χ4v) is 0.950. The first-order valence-corrected chi connectivity index (χ1v) is 3.24. The zero-order valence-electron chi connectivity index (χ0n) is 6.00. The third-order valence-corrected chi connectivity index (χ3v) is 1.56. The largest absolute Gasteiger partial charge is 0.384 e. The molecule has 0 saturated heterocycles. The second-order valence-electron chi connectivity index (χ2n) is 2.36. The summed E-state index contributed by atoms with van der Waals surface area (Å²) in [6.07, 6.45) is 0. The van der Waals surface area contributed by atoms with Crippen LogP contribution in [0.2, 0.25) is 0 Å². The fourth-order valence-electron chi connectivity index (χ4n) is 0.950. The van der Waals surface area contributed by atoms with Crippen molar-refractivity contribution >= 4 is 22.7 Å². The highest BCUT2D eigenvalue weighted by Crippen LogP contribution is 2.19. The number of aromatic nitrogens is 3. The number of nitrogens with two attached hydrogens (primary N) is 2. The van der Waals surface area contributed by atoms with Crippen molar-refractivity contribution in [3.8, 4) is 0 Å². The SMILES string of the molecule is Nc1nc2n[nH]c(N)c2cc1F. The Bertz CT molecular complexity index is 435. The number of rotatable bonds is 0. The van der Waals surface area contributed by atoms with Gasteiger partial charge in [-0.25, -0.2) is 9.37 Å². The fraction of sp³-hybridized carbons (Fsp3) is 0. The Morgan fingerprint density at radius 1 is 1.42 bits per heavy atom. The maximum atomic E-state index is 12.8. The number of hydrogen-bond donors (Lipinski definition) is 3. The van der Waals surface area contributed by atoms with Crippen molar-refractivity contribution in [2.24, 2.45) is 0 Å². The molecular weight excluding hydrogens is 161 g/mol. The van der Waals surface area contributed by atoms with Gasteiger partial charge in [0.2, 0.25) is 0 Å². The molecule has 0 aromatic carbocycles. The van der Waals surface area contributed by atoms with E-state index in [1.807, 2.05) is 0 Å². The summed E-state index contributed by atoms with van der Waals surface area (Å²) in [4.78, 5) is 3.68. The van der Waals surface area contributed by atoms with Crippen molar-refractivity contribution in [2.75, 3.05) is 11.5 Å². The van der Waals surface area contributed by atoms with Gasteiger partial charge in [0.25, 0.3) is 0 Å². The van der Waals surface area contributed by atoms with Gasteiger partial charge >= 0.3 is 0 Å². The molecular formula is C6H6FN5. The Balaban J connectivity index is 2.87. The Morgan fingerprint density at radius 2 is 2.17 bits per heavy atom. The van der Waals surface area contributed by atoms with Crippen molar-refractivity contribution in [1.29, 1.82) is 0 Å². The molecule has 6 heteroatoms. The van der Waals surface area contributed by atoms with E-state index in [1.54, 1.807) is 0 Å². The van der Waals surface area contributed by atoms with Crippen LogP contribution in [-0.2, 0) is 0 Å². The first-order chi connectivity index (χ1) is 5.68. The minimum absolute atomic E-state index is 0.172. The molecule has 0 bridgehead atoms. The van der Waals surface area contributed by atoms with Gasteiger partial charge < -0.3 is 11.5 Å². The Morgan fingerprint density at radius 3 is 2.92 bits per heavy atom. The van der Waals surface area contributed by atoms with Gasteiger partial charge in [-0.15, -0.1) is 0 Å². The van der Waals surface area contributed by atoms with Crippen LogP contribution >= 0.6 is 0 Å². The average Bonchev–Trinajstić information content (AvgIpc) is 2.35. The van der Waals surface area contributed by atoms with Gasteiger partial charge in [0.15, 0.2) is 17.3 Å². The van der Waals surface area contributed by atoms with E-state index in [-0.39, 0.29) is 11.6 Å². The van der Waals surface area contributed by atoms with Gasteiger partial charge in [0, 0.05) is 0 Å². The van der Waals surface area contributed by atoms with Crippen LogP contribution < -0.4 is 11.5 Å². The molecule has 2 rings (SSSR count). The summed E-state index contributed by atoms with van der Waals surface area (Å²) in [6, 6.07) is 1.20. The standard InChI is InChI=1S/C6H6FN5/c7-3-1-2-4(8)11-12-6(2)10-5(3)9/h1H,(H5,8,9,10,11,12). The van der Waals surface area contributed by atoms with Crippen LogP contribution in [0.3, 0.4) is 0 Å². The summed E-state index contributed by atoms with van der Waals surface area (Å²) >= 11 is 0. The molecule has 0 fully saturated rings. The maximum Gasteiger partial charge on any atom is 0.185 e. The Labute approximate surface area is 66.6 Å². The summed E-state index contributed by atoms with van der Waals surface area (Å²) in [6.45, 7) is 0. The lowest BCUT2D eigenvalue weighted by Crippen LogP contribution is -1.94. The molecule has 5 N–H and O–H groups in total. The molecule has 5 nitrogen and oxygen atoms in total. The molecule has 0 amide bonds. The Kier molecular flexibility index (Phi) is 1.18. The number of halogens is 1. The molecule has 0 aliphatic heterocycles. The molecule has 0 atom stereocenters. The number of nitrogens with zero attached hydrogens (tertiary/aromatic N) is 2. The summed E-state index contributed by atoms with van der Waals surface area (Å²) < 4.78 is 12.8. The van der Waals surface area contributed by atoms with E-state index in [9.17, 15) is 4.39 Å². The minimum atomic E-state index is -0.587. The van der Waals surface area contributed by atoms with E-state index >= 15 is 0 Å². The van der Waals surface area contributed by atoms with Gasteiger partial charge in [-0.05, 0) is 6.07 Å². The molecule has 0 radical (unpaired) electrons. The lowest BCUT2D eigenvalue weighted by atomic mass is 10.3. The second-order valence-corrected chi connectivity index (χ2v) is 2.36. The van der Waals surface area contributed by atoms with E-state index < -0.39 is 5.82 Å². The Hall–Kier alpha value is -1.85. The number of nitrogens with one attached hydrogen (secondary N) is 1. The second kappa shape index (κ2) is 2.07. The highest BCUT2D eigenvalue weighted by Gasteiger charge is 2.07. The smallest absolute Gasteiger partial charge is 0.185 e. The zero-order chi connectivity index (χ0) is 8.72. The van der Waals surface area contributed by atoms with Gasteiger partial charge in [-0.1, -0.05) is 0 Å². The quantitative estimate of drug-likeness (QED) is 0.524. The predicted molar refractivity (Wildman–Crippen MR) is 42.7 cm³/mol. The summed E-state index contributed by atoms with van der Waals surface area (Å²) in [5, 5.41) is 6.63. The van der Waals surface area contributed by atoms with Crippen molar-refractivity contribution < 1.29 is 4.39 Å².